The number of hydrogen-bond acceptors (Lipinski definition) is 4. The number of carbonyl (C=O) groups excluding carboxylic acids is 1. The minimum Gasteiger partial charge on any atom is -0.508 e. The molecular formula is C16H26N2O3. The number of aromatic hydroxyl groups is 1. The SMILES string of the molecule is CC(C)(CN)Cc1cc(O)ccc1NC(=O)OC(C)(C)C. The van der Waals surface area contributed by atoms with E-state index in [9.17, 15) is 9.90 Å². The summed E-state index contributed by atoms with van der Waals surface area (Å²) in [5, 5.41) is 12.4. The number of anilines is 1. The van der Waals surface area contributed by atoms with Crippen LogP contribution >= 0.6 is 0 Å². The zero-order chi connectivity index (χ0) is 16.3. The maximum Gasteiger partial charge on any atom is 0.412 e. The molecule has 4 N–H and O–H groups in total. The average Bonchev–Trinajstić information content (AvgIpc) is 2.30. The normalized spacial score (nSPS) is 12.1. The molecule has 118 valence electrons. The number of hydrogen-bond donors (Lipinski definition) is 3. The minimum atomic E-state index is -0.558. The molecule has 0 radical (unpaired) electrons. The number of benzene rings is 1. The first-order valence-electron chi connectivity index (χ1n) is 7.04. The van der Waals surface area contributed by atoms with Gasteiger partial charge in [-0.2, -0.15) is 0 Å². The number of phenols is 1. The highest BCUT2D eigenvalue weighted by Gasteiger charge is 2.21. The molecule has 0 aliphatic rings. The lowest BCUT2D eigenvalue weighted by molar-refractivity contribution is 0.0635. The third-order valence-corrected chi connectivity index (χ3v) is 2.95. The van der Waals surface area contributed by atoms with Gasteiger partial charge in [0.25, 0.3) is 0 Å². The van der Waals surface area contributed by atoms with E-state index >= 15 is 0 Å². The fourth-order valence-electron chi connectivity index (χ4n) is 1.85. The molecule has 0 aliphatic heterocycles. The summed E-state index contributed by atoms with van der Waals surface area (Å²) >= 11 is 0. The Balaban J connectivity index is 2.94. The van der Waals surface area contributed by atoms with Crippen molar-refractivity contribution in [3.8, 4) is 5.75 Å². The molecule has 0 fully saturated rings. The van der Waals surface area contributed by atoms with E-state index in [1.807, 2.05) is 34.6 Å². The second-order valence-electron chi connectivity index (χ2n) is 7.01. The summed E-state index contributed by atoms with van der Waals surface area (Å²) in [7, 11) is 0. The smallest absolute Gasteiger partial charge is 0.412 e. The molecule has 0 spiro atoms. The second-order valence-corrected chi connectivity index (χ2v) is 7.01. The zero-order valence-corrected chi connectivity index (χ0v) is 13.5. The van der Waals surface area contributed by atoms with Crippen molar-refractivity contribution in [3.05, 3.63) is 23.8 Å². The summed E-state index contributed by atoms with van der Waals surface area (Å²) in [5.41, 5.74) is 6.53. The molecule has 1 amide bonds. The van der Waals surface area contributed by atoms with Gasteiger partial charge in [-0.3, -0.25) is 5.32 Å². The molecule has 5 heteroatoms. The molecule has 0 heterocycles. The largest absolute Gasteiger partial charge is 0.508 e. The molecule has 1 rings (SSSR count). The van der Waals surface area contributed by atoms with Crippen molar-refractivity contribution in [2.75, 3.05) is 11.9 Å². The summed E-state index contributed by atoms with van der Waals surface area (Å²) in [6.07, 6.45) is 0.128. The van der Waals surface area contributed by atoms with E-state index in [4.69, 9.17) is 10.5 Å². The molecule has 0 bridgehead atoms. The van der Waals surface area contributed by atoms with Gasteiger partial charge in [-0.1, -0.05) is 13.8 Å². The number of carbonyl (C=O) groups is 1. The molecular weight excluding hydrogens is 268 g/mol. The Morgan fingerprint density at radius 2 is 1.90 bits per heavy atom. The summed E-state index contributed by atoms with van der Waals surface area (Å²) < 4.78 is 5.25. The Hall–Kier alpha value is -1.75. The van der Waals surface area contributed by atoms with Gasteiger partial charge in [0, 0.05) is 5.69 Å². The van der Waals surface area contributed by atoms with Crippen LogP contribution in [0.4, 0.5) is 10.5 Å². The molecule has 0 unspecified atom stereocenters. The van der Waals surface area contributed by atoms with Crippen molar-refractivity contribution < 1.29 is 14.6 Å². The van der Waals surface area contributed by atoms with Gasteiger partial charge in [-0.15, -0.1) is 0 Å². The van der Waals surface area contributed by atoms with Gasteiger partial charge in [0.2, 0.25) is 0 Å². The summed E-state index contributed by atoms with van der Waals surface area (Å²) in [6, 6.07) is 4.84. The van der Waals surface area contributed by atoms with Crippen LogP contribution in [0.1, 0.15) is 40.2 Å². The Morgan fingerprint density at radius 1 is 1.29 bits per heavy atom. The highest BCUT2D eigenvalue weighted by Crippen LogP contribution is 2.29. The molecule has 0 saturated carbocycles. The van der Waals surface area contributed by atoms with Crippen LogP contribution in [0.25, 0.3) is 0 Å². The average molecular weight is 294 g/mol. The van der Waals surface area contributed by atoms with Crippen molar-refractivity contribution in [1.29, 1.82) is 0 Å². The predicted octanol–water partition coefficient (Wildman–Crippen LogP) is 3.27. The first-order valence-corrected chi connectivity index (χ1v) is 7.04. The van der Waals surface area contributed by atoms with Crippen LogP contribution in [-0.2, 0) is 11.2 Å². The number of rotatable bonds is 4. The van der Waals surface area contributed by atoms with Crippen molar-refractivity contribution in [3.63, 3.8) is 0 Å². The van der Waals surface area contributed by atoms with Crippen LogP contribution in [0, 0.1) is 5.41 Å². The molecule has 0 aliphatic carbocycles. The first-order chi connectivity index (χ1) is 9.52. The summed E-state index contributed by atoms with van der Waals surface area (Å²) in [6.45, 7) is 10.0. The van der Waals surface area contributed by atoms with Gasteiger partial charge in [-0.25, -0.2) is 4.79 Å². The lowest BCUT2D eigenvalue weighted by Gasteiger charge is -2.25. The standard InChI is InChI=1S/C16H26N2O3/c1-15(2,3)21-14(20)18-13-7-6-12(19)8-11(13)9-16(4,5)10-17/h6-8,19H,9-10,17H2,1-5H3,(H,18,20). The van der Waals surface area contributed by atoms with E-state index in [0.717, 1.165) is 5.56 Å². The summed E-state index contributed by atoms with van der Waals surface area (Å²) in [4.78, 5) is 11.9. The predicted molar refractivity (Wildman–Crippen MR) is 84.5 cm³/mol. The molecule has 0 atom stereocenters. The third kappa shape index (κ3) is 6.04. The van der Waals surface area contributed by atoms with Crippen molar-refractivity contribution in [2.45, 2.75) is 46.6 Å². The van der Waals surface area contributed by atoms with Crippen LogP contribution in [0.15, 0.2) is 18.2 Å². The van der Waals surface area contributed by atoms with Gasteiger partial charge in [-0.05, 0) is 62.9 Å². The fourth-order valence-corrected chi connectivity index (χ4v) is 1.85. The van der Waals surface area contributed by atoms with E-state index in [1.165, 1.54) is 6.07 Å². The fraction of sp³-hybridized carbons (Fsp3) is 0.562. The number of phenolic OH excluding ortho intramolecular Hbond substituents is 1. The van der Waals surface area contributed by atoms with Crippen molar-refractivity contribution >= 4 is 11.8 Å². The monoisotopic (exact) mass is 294 g/mol. The van der Waals surface area contributed by atoms with Crippen LogP contribution < -0.4 is 11.1 Å². The Labute approximate surface area is 126 Å². The number of nitrogens with one attached hydrogen (secondary N) is 1. The Kier molecular flexibility index (Phi) is 5.23. The van der Waals surface area contributed by atoms with E-state index in [-0.39, 0.29) is 11.2 Å². The quantitative estimate of drug-likeness (QED) is 0.744. The van der Waals surface area contributed by atoms with E-state index in [2.05, 4.69) is 5.32 Å². The zero-order valence-electron chi connectivity index (χ0n) is 13.5. The van der Waals surface area contributed by atoms with Crippen LogP contribution in [0.5, 0.6) is 5.75 Å². The Bertz CT molecular complexity index is 505. The maximum absolute atomic E-state index is 11.9. The summed E-state index contributed by atoms with van der Waals surface area (Å²) in [5.74, 6) is 0.160. The van der Waals surface area contributed by atoms with Crippen molar-refractivity contribution in [2.24, 2.45) is 11.1 Å². The Morgan fingerprint density at radius 3 is 2.43 bits per heavy atom. The van der Waals surface area contributed by atoms with Crippen LogP contribution in [0.2, 0.25) is 0 Å². The van der Waals surface area contributed by atoms with Gasteiger partial charge in [0.05, 0.1) is 0 Å². The minimum absolute atomic E-state index is 0.127. The van der Waals surface area contributed by atoms with Crippen LogP contribution in [0.3, 0.4) is 0 Å². The van der Waals surface area contributed by atoms with E-state index in [0.29, 0.717) is 18.7 Å². The van der Waals surface area contributed by atoms with Gasteiger partial charge in [0.1, 0.15) is 11.4 Å². The molecule has 5 nitrogen and oxygen atoms in total. The molecule has 21 heavy (non-hydrogen) atoms. The van der Waals surface area contributed by atoms with Gasteiger partial charge >= 0.3 is 6.09 Å². The second kappa shape index (κ2) is 6.35. The highest BCUT2D eigenvalue weighted by molar-refractivity contribution is 5.86. The lowest BCUT2D eigenvalue weighted by atomic mass is 9.85. The van der Waals surface area contributed by atoms with E-state index in [1.54, 1.807) is 12.1 Å². The maximum atomic E-state index is 11.9. The number of amides is 1. The van der Waals surface area contributed by atoms with Gasteiger partial charge in [0.15, 0.2) is 0 Å². The topological polar surface area (TPSA) is 84.6 Å². The molecule has 0 saturated heterocycles. The number of ether oxygens (including phenoxy) is 1. The van der Waals surface area contributed by atoms with Gasteiger partial charge < -0.3 is 15.6 Å². The van der Waals surface area contributed by atoms with Crippen molar-refractivity contribution in [1.82, 2.24) is 0 Å². The highest BCUT2D eigenvalue weighted by atomic mass is 16.6. The van der Waals surface area contributed by atoms with E-state index < -0.39 is 11.7 Å². The molecule has 1 aromatic carbocycles. The lowest BCUT2D eigenvalue weighted by Crippen LogP contribution is -2.29. The molecule has 1 aromatic rings. The molecule has 0 aromatic heterocycles. The van der Waals surface area contributed by atoms with Crippen LogP contribution in [-0.4, -0.2) is 23.3 Å². The first kappa shape index (κ1) is 17.3. The third-order valence-electron chi connectivity index (χ3n) is 2.95. The number of nitrogens with two attached hydrogens (primary N) is 1.